The Morgan fingerprint density at radius 2 is 1.74 bits per heavy atom. The number of hydrogen-bond donors (Lipinski definition) is 0. The van der Waals surface area contributed by atoms with Crippen LogP contribution in [0.1, 0.15) is 40.0 Å². The number of rotatable bonds is 8. The van der Waals surface area contributed by atoms with Crippen molar-refractivity contribution in [3.8, 4) is 11.5 Å². The Morgan fingerprint density at radius 1 is 1.09 bits per heavy atom. The van der Waals surface area contributed by atoms with Crippen molar-refractivity contribution in [2.45, 2.75) is 46.1 Å². The van der Waals surface area contributed by atoms with Crippen LogP contribution in [0.4, 0.5) is 0 Å². The first kappa shape index (κ1) is 19.5. The number of esters is 2. The molecule has 0 bridgehead atoms. The topological polar surface area (TPSA) is 61.8 Å². The number of benzene rings is 1. The number of carbonyl (C=O) groups is 2. The number of methoxy groups -OCH3 is 1. The second kappa shape index (κ2) is 9.55. The van der Waals surface area contributed by atoms with Crippen molar-refractivity contribution < 1.29 is 23.8 Å². The van der Waals surface area contributed by atoms with Crippen LogP contribution in [0.25, 0.3) is 0 Å². The van der Waals surface area contributed by atoms with Crippen molar-refractivity contribution >= 4 is 27.9 Å². The van der Waals surface area contributed by atoms with Gasteiger partial charge in [0.1, 0.15) is 6.10 Å². The maximum atomic E-state index is 11.8. The molecule has 0 N–H and O–H groups in total. The van der Waals surface area contributed by atoms with E-state index in [1.807, 2.05) is 20.8 Å². The van der Waals surface area contributed by atoms with Crippen LogP contribution in [0.15, 0.2) is 22.7 Å². The lowest BCUT2D eigenvalue weighted by Crippen LogP contribution is -2.20. The van der Waals surface area contributed by atoms with Gasteiger partial charge in [0.15, 0.2) is 11.5 Å². The van der Waals surface area contributed by atoms with Crippen molar-refractivity contribution in [2.24, 2.45) is 5.92 Å². The summed E-state index contributed by atoms with van der Waals surface area (Å²) in [5, 5.41) is 0. The van der Waals surface area contributed by atoms with Gasteiger partial charge >= 0.3 is 11.9 Å². The van der Waals surface area contributed by atoms with E-state index in [0.29, 0.717) is 17.9 Å². The Balaban J connectivity index is 2.39. The second-order valence-electron chi connectivity index (χ2n) is 5.56. The van der Waals surface area contributed by atoms with Crippen LogP contribution in [-0.4, -0.2) is 25.2 Å². The van der Waals surface area contributed by atoms with E-state index in [0.717, 1.165) is 4.47 Å². The number of ether oxygens (including phenoxy) is 3. The van der Waals surface area contributed by atoms with Crippen LogP contribution in [0, 0.1) is 5.92 Å². The quantitative estimate of drug-likeness (QED) is 0.496. The predicted octanol–water partition coefficient (Wildman–Crippen LogP) is 4.12. The molecule has 5 nitrogen and oxygen atoms in total. The Labute approximate surface area is 145 Å². The van der Waals surface area contributed by atoms with Gasteiger partial charge in [0, 0.05) is 17.3 Å². The fraction of sp³-hybridized carbons (Fsp3) is 0.529. The van der Waals surface area contributed by atoms with Crippen LogP contribution in [0.2, 0.25) is 0 Å². The van der Waals surface area contributed by atoms with Crippen LogP contribution in [-0.2, 0) is 14.3 Å². The van der Waals surface area contributed by atoms with Gasteiger partial charge in [-0.25, -0.2) is 0 Å². The van der Waals surface area contributed by atoms with E-state index in [4.69, 9.17) is 14.2 Å². The van der Waals surface area contributed by atoms with Gasteiger partial charge in [-0.15, -0.1) is 0 Å². The summed E-state index contributed by atoms with van der Waals surface area (Å²) in [5.41, 5.74) is 0. The molecule has 6 heteroatoms. The summed E-state index contributed by atoms with van der Waals surface area (Å²) in [4.78, 5) is 23.5. The van der Waals surface area contributed by atoms with E-state index in [2.05, 4.69) is 15.9 Å². The molecular formula is C17H23BrO5. The van der Waals surface area contributed by atoms with Gasteiger partial charge in [-0.1, -0.05) is 29.8 Å². The maximum absolute atomic E-state index is 11.8. The smallest absolute Gasteiger partial charge is 0.311 e. The third kappa shape index (κ3) is 7.03. The fourth-order valence-corrected chi connectivity index (χ4v) is 2.02. The number of carbonyl (C=O) groups excluding carboxylic acids is 2. The first-order valence-corrected chi connectivity index (χ1v) is 8.36. The molecule has 0 radical (unpaired) electrons. The molecular weight excluding hydrogens is 364 g/mol. The highest BCUT2D eigenvalue weighted by Gasteiger charge is 2.15. The highest BCUT2D eigenvalue weighted by atomic mass is 79.9. The van der Waals surface area contributed by atoms with Gasteiger partial charge in [-0.3, -0.25) is 9.59 Å². The van der Waals surface area contributed by atoms with E-state index in [-0.39, 0.29) is 30.8 Å². The molecule has 1 aromatic rings. The zero-order chi connectivity index (χ0) is 17.4. The van der Waals surface area contributed by atoms with Crippen LogP contribution < -0.4 is 9.47 Å². The fourth-order valence-electron chi connectivity index (χ4n) is 1.68. The molecule has 0 amide bonds. The summed E-state index contributed by atoms with van der Waals surface area (Å²) in [7, 11) is 1.50. The second-order valence-corrected chi connectivity index (χ2v) is 6.48. The molecule has 1 aromatic carbocycles. The van der Waals surface area contributed by atoms with E-state index in [1.165, 1.54) is 7.11 Å². The SMILES string of the molecule is COc1cc(Br)ccc1OC(=O)CCCC(=O)OC(C)C(C)C. The Hall–Kier alpha value is -1.56. The zero-order valence-corrected chi connectivity index (χ0v) is 15.5. The van der Waals surface area contributed by atoms with Crippen molar-refractivity contribution in [2.75, 3.05) is 7.11 Å². The van der Waals surface area contributed by atoms with Crippen molar-refractivity contribution in [3.63, 3.8) is 0 Å². The molecule has 0 fully saturated rings. The Bertz CT molecular complexity index is 542. The molecule has 23 heavy (non-hydrogen) atoms. The summed E-state index contributed by atoms with van der Waals surface area (Å²) in [6, 6.07) is 5.13. The van der Waals surface area contributed by atoms with Gasteiger partial charge in [0.25, 0.3) is 0 Å². The molecule has 0 aliphatic rings. The van der Waals surface area contributed by atoms with Gasteiger partial charge in [0.05, 0.1) is 7.11 Å². The monoisotopic (exact) mass is 386 g/mol. The lowest BCUT2D eigenvalue weighted by molar-refractivity contribution is -0.150. The first-order chi connectivity index (χ1) is 10.8. The number of hydrogen-bond acceptors (Lipinski definition) is 5. The minimum absolute atomic E-state index is 0.124. The molecule has 0 aliphatic heterocycles. The van der Waals surface area contributed by atoms with Crippen LogP contribution in [0.3, 0.4) is 0 Å². The summed E-state index contributed by atoms with van der Waals surface area (Å²) >= 11 is 3.32. The molecule has 1 atom stereocenters. The summed E-state index contributed by atoms with van der Waals surface area (Å²) in [6.07, 6.45) is 0.608. The van der Waals surface area contributed by atoms with E-state index in [9.17, 15) is 9.59 Å². The Kier molecular flexibility index (Phi) is 8.09. The standard InChI is InChI=1S/C17H23BrO5/c1-11(2)12(3)22-16(19)6-5-7-17(20)23-14-9-8-13(18)10-15(14)21-4/h8-12H,5-7H2,1-4H3. The molecule has 1 rings (SSSR count). The molecule has 0 aromatic heterocycles. The summed E-state index contributed by atoms with van der Waals surface area (Å²) < 4.78 is 16.5. The largest absolute Gasteiger partial charge is 0.493 e. The molecule has 0 saturated carbocycles. The summed E-state index contributed by atoms with van der Waals surface area (Å²) in [5.74, 6) is 0.402. The molecule has 0 heterocycles. The zero-order valence-electron chi connectivity index (χ0n) is 13.9. The van der Waals surface area contributed by atoms with Gasteiger partial charge in [-0.05, 0) is 37.5 Å². The maximum Gasteiger partial charge on any atom is 0.311 e. The minimum Gasteiger partial charge on any atom is -0.493 e. The third-order valence-electron chi connectivity index (χ3n) is 3.37. The van der Waals surface area contributed by atoms with Crippen molar-refractivity contribution in [1.82, 2.24) is 0 Å². The highest BCUT2D eigenvalue weighted by molar-refractivity contribution is 9.10. The van der Waals surface area contributed by atoms with Crippen molar-refractivity contribution in [1.29, 1.82) is 0 Å². The van der Waals surface area contributed by atoms with E-state index < -0.39 is 5.97 Å². The number of halogens is 1. The lowest BCUT2D eigenvalue weighted by atomic mass is 10.1. The molecule has 128 valence electrons. The minimum atomic E-state index is -0.407. The van der Waals surface area contributed by atoms with Crippen LogP contribution in [0.5, 0.6) is 11.5 Å². The summed E-state index contributed by atoms with van der Waals surface area (Å²) in [6.45, 7) is 5.83. The average molecular weight is 387 g/mol. The van der Waals surface area contributed by atoms with E-state index in [1.54, 1.807) is 18.2 Å². The first-order valence-electron chi connectivity index (χ1n) is 7.57. The molecule has 0 saturated heterocycles. The normalized spacial score (nSPS) is 11.9. The van der Waals surface area contributed by atoms with Gasteiger partial charge in [-0.2, -0.15) is 0 Å². The Morgan fingerprint density at radius 3 is 2.35 bits per heavy atom. The van der Waals surface area contributed by atoms with Gasteiger partial charge < -0.3 is 14.2 Å². The molecule has 0 aliphatic carbocycles. The van der Waals surface area contributed by atoms with Gasteiger partial charge in [0.2, 0.25) is 0 Å². The molecule has 1 unspecified atom stereocenters. The van der Waals surface area contributed by atoms with E-state index >= 15 is 0 Å². The van der Waals surface area contributed by atoms with Crippen LogP contribution >= 0.6 is 15.9 Å². The average Bonchev–Trinajstić information content (AvgIpc) is 2.48. The van der Waals surface area contributed by atoms with Crippen molar-refractivity contribution in [3.05, 3.63) is 22.7 Å². The highest BCUT2D eigenvalue weighted by Crippen LogP contribution is 2.30. The molecule has 0 spiro atoms. The predicted molar refractivity (Wildman–Crippen MR) is 90.6 cm³/mol. The lowest BCUT2D eigenvalue weighted by Gasteiger charge is -2.16. The third-order valence-corrected chi connectivity index (χ3v) is 3.86.